The number of anilines is 1. The molecular formula is C20H30N2OS. The number of rotatable bonds is 4. The summed E-state index contributed by atoms with van der Waals surface area (Å²) in [5.74, 6) is 1.20. The summed E-state index contributed by atoms with van der Waals surface area (Å²) in [6.45, 7) is 13.0. The van der Waals surface area contributed by atoms with Crippen molar-refractivity contribution in [2.75, 3.05) is 5.32 Å². The van der Waals surface area contributed by atoms with Crippen LogP contribution < -0.4 is 10.6 Å². The van der Waals surface area contributed by atoms with Crippen LogP contribution in [0.15, 0.2) is 12.1 Å². The molecule has 0 saturated heterocycles. The monoisotopic (exact) mass is 346 g/mol. The molecule has 1 aliphatic rings. The van der Waals surface area contributed by atoms with Gasteiger partial charge in [-0.15, -0.1) is 0 Å². The van der Waals surface area contributed by atoms with Crippen molar-refractivity contribution in [2.45, 2.75) is 60.8 Å². The highest BCUT2D eigenvalue weighted by Gasteiger charge is 2.47. The van der Waals surface area contributed by atoms with Gasteiger partial charge in [-0.25, -0.2) is 0 Å². The molecule has 24 heavy (non-hydrogen) atoms. The molecule has 2 atom stereocenters. The fraction of sp³-hybridized carbons (Fsp3) is 0.600. The van der Waals surface area contributed by atoms with Crippen LogP contribution in [0.1, 0.15) is 56.7 Å². The van der Waals surface area contributed by atoms with Gasteiger partial charge in [0.2, 0.25) is 5.91 Å². The zero-order valence-electron chi connectivity index (χ0n) is 15.7. The molecule has 2 rings (SSSR count). The molecule has 1 aliphatic carbocycles. The molecule has 1 aromatic rings. The van der Waals surface area contributed by atoms with Crippen molar-refractivity contribution in [3.05, 3.63) is 28.8 Å². The van der Waals surface area contributed by atoms with Crippen LogP contribution in [0.25, 0.3) is 0 Å². The summed E-state index contributed by atoms with van der Waals surface area (Å²) in [5, 5.41) is 6.42. The highest BCUT2D eigenvalue weighted by Crippen LogP contribution is 2.54. The van der Waals surface area contributed by atoms with Gasteiger partial charge in [-0.2, -0.15) is 0 Å². The summed E-state index contributed by atoms with van der Waals surface area (Å²) in [4.78, 5) is 12.3. The van der Waals surface area contributed by atoms with Crippen molar-refractivity contribution in [3.63, 3.8) is 0 Å². The maximum Gasteiger partial charge on any atom is 0.226 e. The minimum atomic E-state index is 0.0162. The number of carbonyl (C=O) groups excluding carboxylic acids is 1. The quantitative estimate of drug-likeness (QED) is 0.763. The number of carbonyl (C=O) groups is 1. The lowest BCUT2D eigenvalue weighted by Gasteiger charge is -2.52. The van der Waals surface area contributed by atoms with E-state index in [1.165, 1.54) is 12.0 Å². The van der Waals surface area contributed by atoms with Crippen LogP contribution in [0.2, 0.25) is 0 Å². The van der Waals surface area contributed by atoms with Crippen LogP contribution in [0.5, 0.6) is 0 Å². The molecule has 0 spiro atoms. The van der Waals surface area contributed by atoms with Crippen molar-refractivity contribution in [2.24, 2.45) is 17.3 Å². The van der Waals surface area contributed by atoms with Crippen LogP contribution in [-0.2, 0) is 4.79 Å². The third kappa shape index (κ3) is 3.97. The largest absolute Gasteiger partial charge is 0.332 e. The lowest BCUT2D eigenvalue weighted by Crippen LogP contribution is -2.47. The number of aryl methyl sites for hydroxylation is 3. The Bertz CT molecular complexity index is 628. The Morgan fingerprint density at radius 1 is 1.21 bits per heavy atom. The molecule has 1 aromatic carbocycles. The summed E-state index contributed by atoms with van der Waals surface area (Å²) in [6, 6.07) is 4.23. The van der Waals surface area contributed by atoms with E-state index < -0.39 is 0 Å². The molecule has 4 heteroatoms. The molecule has 132 valence electrons. The lowest BCUT2D eigenvalue weighted by molar-refractivity contribution is -0.125. The first kappa shape index (κ1) is 18.9. The van der Waals surface area contributed by atoms with E-state index in [9.17, 15) is 4.79 Å². The first-order valence-electron chi connectivity index (χ1n) is 8.83. The van der Waals surface area contributed by atoms with Gasteiger partial charge in [0.05, 0.1) is 0 Å². The topological polar surface area (TPSA) is 41.1 Å². The second kappa shape index (κ2) is 7.22. The average molecular weight is 347 g/mol. The van der Waals surface area contributed by atoms with Gasteiger partial charge in [0.1, 0.15) is 0 Å². The number of thiocarbonyl (C=S) groups is 1. The van der Waals surface area contributed by atoms with E-state index in [1.54, 1.807) is 0 Å². The maximum absolute atomic E-state index is 12.3. The molecule has 1 saturated carbocycles. The normalized spacial score (nSPS) is 21.8. The average Bonchev–Trinajstić information content (AvgIpc) is 2.46. The minimum Gasteiger partial charge on any atom is -0.332 e. The Kier molecular flexibility index (Phi) is 5.69. The molecule has 0 aromatic heterocycles. The smallest absolute Gasteiger partial charge is 0.226 e. The molecule has 1 fully saturated rings. The van der Waals surface area contributed by atoms with E-state index in [0.717, 1.165) is 29.2 Å². The number of amides is 1. The third-order valence-electron chi connectivity index (χ3n) is 5.77. The number of nitrogens with one attached hydrogen (secondary N) is 2. The van der Waals surface area contributed by atoms with Crippen LogP contribution in [0.4, 0.5) is 5.69 Å². The highest BCUT2D eigenvalue weighted by molar-refractivity contribution is 7.80. The van der Waals surface area contributed by atoms with Gasteiger partial charge in [-0.3, -0.25) is 4.79 Å². The molecule has 1 amide bonds. The van der Waals surface area contributed by atoms with Crippen molar-refractivity contribution >= 4 is 28.9 Å². The Morgan fingerprint density at radius 3 is 2.29 bits per heavy atom. The third-order valence-corrected chi connectivity index (χ3v) is 5.97. The first-order valence-corrected chi connectivity index (χ1v) is 9.24. The maximum atomic E-state index is 12.3. The van der Waals surface area contributed by atoms with Gasteiger partial charge in [-0.1, -0.05) is 44.9 Å². The standard InChI is InChI=1S/C20H30N2OS/c1-7-15-10-16(20(15,5)6)11-17(23)21-19(24)22-18-13(3)8-12(2)9-14(18)4/h8-9,15-16H,7,10-11H2,1-6H3,(H2,21,22,23,24). The van der Waals surface area contributed by atoms with Crippen molar-refractivity contribution < 1.29 is 4.79 Å². The van der Waals surface area contributed by atoms with Gasteiger partial charge in [0, 0.05) is 12.1 Å². The predicted molar refractivity (Wildman–Crippen MR) is 105 cm³/mol. The van der Waals surface area contributed by atoms with Gasteiger partial charge in [-0.05, 0) is 67.8 Å². The highest BCUT2D eigenvalue weighted by atomic mass is 32.1. The number of hydrogen-bond acceptors (Lipinski definition) is 2. The van der Waals surface area contributed by atoms with Gasteiger partial charge in [0.25, 0.3) is 0 Å². The molecule has 0 radical (unpaired) electrons. The second-order valence-electron chi connectivity index (χ2n) is 7.84. The van der Waals surface area contributed by atoms with Crippen molar-refractivity contribution in [1.82, 2.24) is 5.32 Å². The molecule has 3 nitrogen and oxygen atoms in total. The summed E-state index contributed by atoms with van der Waals surface area (Å²) in [6.07, 6.45) is 2.89. The summed E-state index contributed by atoms with van der Waals surface area (Å²) in [5.41, 5.74) is 4.74. The van der Waals surface area contributed by atoms with Crippen LogP contribution >= 0.6 is 12.2 Å². The summed E-state index contributed by atoms with van der Waals surface area (Å²) in [7, 11) is 0. The number of benzene rings is 1. The van der Waals surface area contributed by atoms with Gasteiger partial charge in [0.15, 0.2) is 5.11 Å². The van der Waals surface area contributed by atoms with E-state index in [2.05, 4.69) is 64.3 Å². The van der Waals surface area contributed by atoms with E-state index in [1.807, 2.05) is 0 Å². The summed E-state index contributed by atoms with van der Waals surface area (Å²) >= 11 is 5.33. The molecule has 2 N–H and O–H groups in total. The SMILES string of the molecule is CCC1CC(CC(=O)NC(=S)Nc2c(C)cc(C)cc2C)C1(C)C. The molecule has 0 heterocycles. The lowest BCUT2D eigenvalue weighted by atomic mass is 9.53. The van der Waals surface area contributed by atoms with Gasteiger partial charge >= 0.3 is 0 Å². The Labute approximate surface area is 151 Å². The Morgan fingerprint density at radius 2 is 1.79 bits per heavy atom. The second-order valence-corrected chi connectivity index (χ2v) is 8.25. The van der Waals surface area contributed by atoms with Crippen LogP contribution in [-0.4, -0.2) is 11.0 Å². The minimum absolute atomic E-state index is 0.0162. The van der Waals surface area contributed by atoms with Crippen LogP contribution in [0.3, 0.4) is 0 Å². The Hall–Kier alpha value is -1.42. The Balaban J connectivity index is 1.90. The predicted octanol–water partition coefficient (Wildman–Crippen LogP) is 4.89. The van der Waals surface area contributed by atoms with E-state index in [4.69, 9.17) is 12.2 Å². The fourth-order valence-electron chi connectivity index (χ4n) is 4.09. The molecular weight excluding hydrogens is 316 g/mol. The number of hydrogen-bond donors (Lipinski definition) is 2. The van der Waals surface area contributed by atoms with E-state index >= 15 is 0 Å². The van der Waals surface area contributed by atoms with E-state index in [-0.39, 0.29) is 11.3 Å². The zero-order valence-corrected chi connectivity index (χ0v) is 16.6. The van der Waals surface area contributed by atoms with E-state index in [0.29, 0.717) is 17.5 Å². The fourth-order valence-corrected chi connectivity index (χ4v) is 4.30. The van der Waals surface area contributed by atoms with Crippen LogP contribution in [0, 0.1) is 38.0 Å². The van der Waals surface area contributed by atoms with Crippen molar-refractivity contribution in [1.29, 1.82) is 0 Å². The molecule has 0 aliphatic heterocycles. The van der Waals surface area contributed by atoms with Crippen molar-refractivity contribution in [3.8, 4) is 0 Å². The summed E-state index contributed by atoms with van der Waals surface area (Å²) < 4.78 is 0. The zero-order chi connectivity index (χ0) is 18.1. The molecule has 2 unspecified atom stereocenters. The first-order chi connectivity index (χ1) is 11.1. The molecule has 0 bridgehead atoms. The van der Waals surface area contributed by atoms with Gasteiger partial charge < -0.3 is 10.6 Å².